The van der Waals surface area contributed by atoms with Gasteiger partial charge < -0.3 is 5.32 Å². The van der Waals surface area contributed by atoms with Crippen LogP contribution in [0.3, 0.4) is 0 Å². The number of benzene rings is 2. The summed E-state index contributed by atoms with van der Waals surface area (Å²) in [5, 5.41) is 4.00. The predicted molar refractivity (Wildman–Crippen MR) is 111 cm³/mol. The van der Waals surface area contributed by atoms with Crippen molar-refractivity contribution in [2.75, 3.05) is 12.3 Å². The van der Waals surface area contributed by atoms with Gasteiger partial charge >= 0.3 is 0 Å². The molecule has 0 radical (unpaired) electrons. The number of carbonyl (C=O) groups excluding carboxylic acids is 1. The van der Waals surface area contributed by atoms with Crippen molar-refractivity contribution in [2.24, 2.45) is 5.92 Å². The van der Waals surface area contributed by atoms with Gasteiger partial charge in [0, 0.05) is 6.54 Å². The zero-order valence-electron chi connectivity index (χ0n) is 15.5. The van der Waals surface area contributed by atoms with Gasteiger partial charge in [-0.3, -0.25) is 14.2 Å². The SMILES string of the molecule is CC(C)CCNC(=O)CSc1nc2ccccc2c(=O)n1-c1ccccc1. The Morgan fingerprint density at radius 3 is 2.56 bits per heavy atom. The van der Waals surface area contributed by atoms with Crippen LogP contribution in [0, 0.1) is 5.92 Å². The number of rotatable bonds is 7. The van der Waals surface area contributed by atoms with E-state index in [4.69, 9.17) is 0 Å². The minimum Gasteiger partial charge on any atom is -0.355 e. The van der Waals surface area contributed by atoms with Gasteiger partial charge in [-0.2, -0.15) is 0 Å². The Bertz CT molecular complexity index is 984. The predicted octanol–water partition coefficient (Wildman–Crippen LogP) is 3.64. The van der Waals surface area contributed by atoms with Gasteiger partial charge in [0.1, 0.15) is 0 Å². The summed E-state index contributed by atoms with van der Waals surface area (Å²) in [5.41, 5.74) is 1.25. The average molecular weight is 382 g/mol. The molecule has 6 heteroatoms. The fraction of sp³-hybridized carbons (Fsp3) is 0.286. The number of fused-ring (bicyclic) bond motifs is 1. The zero-order chi connectivity index (χ0) is 19.2. The number of hydrogen-bond acceptors (Lipinski definition) is 4. The molecule has 3 rings (SSSR count). The normalized spacial score (nSPS) is 11.1. The van der Waals surface area contributed by atoms with E-state index in [2.05, 4.69) is 24.1 Å². The Morgan fingerprint density at radius 2 is 1.81 bits per heavy atom. The lowest BCUT2D eigenvalue weighted by atomic mass is 10.1. The third-order valence-corrected chi connectivity index (χ3v) is 5.07. The second-order valence-corrected chi connectivity index (χ2v) is 7.65. The van der Waals surface area contributed by atoms with Crippen LogP contribution in [0.1, 0.15) is 20.3 Å². The van der Waals surface area contributed by atoms with E-state index in [-0.39, 0.29) is 17.2 Å². The summed E-state index contributed by atoms with van der Waals surface area (Å²) >= 11 is 1.28. The van der Waals surface area contributed by atoms with Gasteiger partial charge in [0.05, 0.1) is 22.3 Å². The maximum atomic E-state index is 13.1. The smallest absolute Gasteiger partial charge is 0.266 e. The molecular formula is C21H23N3O2S. The van der Waals surface area contributed by atoms with Crippen LogP contribution in [-0.2, 0) is 4.79 Å². The Balaban J connectivity index is 1.89. The minimum atomic E-state index is -0.130. The lowest BCUT2D eigenvalue weighted by molar-refractivity contribution is -0.118. The lowest BCUT2D eigenvalue weighted by Crippen LogP contribution is -2.28. The van der Waals surface area contributed by atoms with Crippen LogP contribution in [0.4, 0.5) is 0 Å². The van der Waals surface area contributed by atoms with Crippen LogP contribution in [0.2, 0.25) is 0 Å². The molecule has 140 valence electrons. The van der Waals surface area contributed by atoms with Crippen molar-refractivity contribution in [1.82, 2.24) is 14.9 Å². The highest BCUT2D eigenvalue weighted by atomic mass is 32.2. The van der Waals surface area contributed by atoms with Crippen LogP contribution < -0.4 is 10.9 Å². The van der Waals surface area contributed by atoms with Crippen LogP contribution in [0.25, 0.3) is 16.6 Å². The van der Waals surface area contributed by atoms with Crippen molar-refractivity contribution in [2.45, 2.75) is 25.4 Å². The van der Waals surface area contributed by atoms with Gasteiger partial charge in [-0.05, 0) is 36.6 Å². The number of nitrogens with zero attached hydrogens (tertiary/aromatic N) is 2. The van der Waals surface area contributed by atoms with E-state index >= 15 is 0 Å². The minimum absolute atomic E-state index is 0.0531. The van der Waals surface area contributed by atoms with E-state index in [1.807, 2.05) is 48.5 Å². The number of amides is 1. The van der Waals surface area contributed by atoms with E-state index in [1.54, 1.807) is 10.6 Å². The first-order valence-corrected chi connectivity index (χ1v) is 10.0. The van der Waals surface area contributed by atoms with Crippen molar-refractivity contribution in [3.05, 3.63) is 65.0 Å². The van der Waals surface area contributed by atoms with E-state index in [0.717, 1.165) is 12.1 Å². The summed E-state index contributed by atoms with van der Waals surface area (Å²) in [7, 11) is 0. The largest absolute Gasteiger partial charge is 0.355 e. The molecule has 1 heterocycles. The molecule has 0 saturated carbocycles. The van der Waals surface area contributed by atoms with Crippen molar-refractivity contribution in [1.29, 1.82) is 0 Å². The third-order valence-electron chi connectivity index (χ3n) is 4.14. The topological polar surface area (TPSA) is 64.0 Å². The van der Waals surface area contributed by atoms with Crippen molar-refractivity contribution in [3.8, 4) is 5.69 Å². The zero-order valence-corrected chi connectivity index (χ0v) is 16.3. The third kappa shape index (κ3) is 4.77. The standard InChI is InChI=1S/C21H23N3O2S/c1-15(2)12-13-22-19(25)14-27-21-23-18-11-7-6-10-17(18)20(26)24(21)16-8-4-3-5-9-16/h3-11,15H,12-14H2,1-2H3,(H,22,25). The molecule has 5 nitrogen and oxygen atoms in total. The molecular weight excluding hydrogens is 358 g/mol. The summed E-state index contributed by atoms with van der Waals surface area (Å²) in [5.74, 6) is 0.710. The molecule has 1 N–H and O–H groups in total. The van der Waals surface area contributed by atoms with Gasteiger partial charge in [0.2, 0.25) is 5.91 Å². The first kappa shape index (κ1) is 19.2. The van der Waals surface area contributed by atoms with E-state index in [1.165, 1.54) is 11.8 Å². The molecule has 0 bridgehead atoms. The molecule has 1 aromatic heterocycles. The molecule has 1 amide bonds. The van der Waals surface area contributed by atoms with Crippen molar-refractivity contribution in [3.63, 3.8) is 0 Å². The van der Waals surface area contributed by atoms with Crippen molar-refractivity contribution >= 4 is 28.6 Å². The van der Waals surface area contributed by atoms with Gasteiger partial charge in [0.15, 0.2) is 5.16 Å². The van der Waals surface area contributed by atoms with Gasteiger partial charge in [-0.15, -0.1) is 0 Å². The Labute approximate surface area is 162 Å². The number of aromatic nitrogens is 2. The molecule has 0 saturated heterocycles. The Kier molecular flexibility index (Phi) is 6.29. The van der Waals surface area contributed by atoms with E-state index in [9.17, 15) is 9.59 Å². The van der Waals surface area contributed by atoms with Crippen LogP contribution in [0.15, 0.2) is 64.5 Å². The van der Waals surface area contributed by atoms with Gasteiger partial charge in [-0.1, -0.05) is 55.9 Å². The highest BCUT2D eigenvalue weighted by Gasteiger charge is 2.14. The first-order valence-electron chi connectivity index (χ1n) is 9.03. The molecule has 0 aliphatic heterocycles. The summed E-state index contributed by atoms with van der Waals surface area (Å²) in [6.07, 6.45) is 0.944. The molecule has 2 aromatic carbocycles. The molecule has 0 fully saturated rings. The second-order valence-electron chi connectivity index (χ2n) is 6.71. The van der Waals surface area contributed by atoms with Crippen molar-refractivity contribution < 1.29 is 4.79 Å². The Morgan fingerprint density at radius 1 is 1.11 bits per heavy atom. The van der Waals surface area contributed by atoms with Crippen LogP contribution in [-0.4, -0.2) is 27.8 Å². The number of hydrogen-bond donors (Lipinski definition) is 1. The maximum absolute atomic E-state index is 13.1. The summed E-state index contributed by atoms with van der Waals surface area (Å²) in [6, 6.07) is 16.7. The lowest BCUT2D eigenvalue weighted by Gasteiger charge is -2.13. The number of thioether (sulfide) groups is 1. The fourth-order valence-corrected chi connectivity index (χ4v) is 3.54. The molecule has 0 aliphatic carbocycles. The van der Waals surface area contributed by atoms with Crippen LogP contribution >= 0.6 is 11.8 Å². The highest BCUT2D eigenvalue weighted by Crippen LogP contribution is 2.21. The van der Waals surface area contributed by atoms with E-state index in [0.29, 0.717) is 28.5 Å². The number of carbonyl (C=O) groups is 1. The maximum Gasteiger partial charge on any atom is 0.266 e. The second kappa shape index (κ2) is 8.86. The number of para-hydroxylation sites is 2. The number of nitrogens with one attached hydrogen (secondary N) is 1. The molecule has 0 aliphatic rings. The molecule has 0 unspecified atom stereocenters. The molecule has 0 spiro atoms. The van der Waals surface area contributed by atoms with E-state index < -0.39 is 0 Å². The Hall–Kier alpha value is -2.60. The quantitative estimate of drug-likeness (QED) is 0.501. The highest BCUT2D eigenvalue weighted by molar-refractivity contribution is 7.99. The summed E-state index contributed by atoms with van der Waals surface area (Å²) in [6.45, 7) is 4.91. The summed E-state index contributed by atoms with van der Waals surface area (Å²) in [4.78, 5) is 29.8. The summed E-state index contributed by atoms with van der Waals surface area (Å²) < 4.78 is 1.58. The average Bonchev–Trinajstić information content (AvgIpc) is 2.67. The van der Waals surface area contributed by atoms with Gasteiger partial charge in [-0.25, -0.2) is 4.98 Å². The monoisotopic (exact) mass is 381 g/mol. The molecule has 0 atom stereocenters. The molecule has 27 heavy (non-hydrogen) atoms. The first-order chi connectivity index (χ1) is 13.1. The van der Waals surface area contributed by atoms with Crippen LogP contribution in [0.5, 0.6) is 0 Å². The molecule has 3 aromatic rings. The fourth-order valence-electron chi connectivity index (χ4n) is 2.70. The van der Waals surface area contributed by atoms with Gasteiger partial charge in [0.25, 0.3) is 5.56 Å².